The zero-order chi connectivity index (χ0) is 19.6. The average molecular weight is 387 g/mol. The molecule has 0 atom stereocenters. The maximum Gasteiger partial charge on any atom is 0.328 e. The molecule has 4 N–H and O–H groups in total. The normalized spacial score (nSPS) is 11.4. The topological polar surface area (TPSA) is 160 Å². The molecule has 0 aliphatic carbocycles. The standard InChI is InChI=1S/C16H17N7O3S/c1-2-7-27(25,26)22-15-20-13(18)12-14(21-15)23(16(24)19-12)9-11-5-3-10(8-17)4-6-11/h3-6H,2,7,9H2,1H3,(H,19,24)(H3,18,20,21,22). The van der Waals surface area contributed by atoms with Crippen molar-refractivity contribution in [3.63, 3.8) is 0 Å². The molecule has 0 aliphatic heterocycles. The van der Waals surface area contributed by atoms with Crippen molar-refractivity contribution in [3.05, 3.63) is 45.9 Å². The van der Waals surface area contributed by atoms with Gasteiger partial charge in [-0.2, -0.15) is 15.2 Å². The average Bonchev–Trinajstić information content (AvgIpc) is 2.92. The summed E-state index contributed by atoms with van der Waals surface area (Å²) in [7, 11) is -3.60. The van der Waals surface area contributed by atoms with Crippen LogP contribution in [0.4, 0.5) is 11.8 Å². The lowest BCUT2D eigenvalue weighted by Crippen LogP contribution is -2.19. The number of H-pyrrole nitrogens is 1. The number of nitrogens with zero attached hydrogens (tertiary/aromatic N) is 4. The molecule has 0 bridgehead atoms. The quantitative estimate of drug-likeness (QED) is 0.563. The highest BCUT2D eigenvalue weighted by molar-refractivity contribution is 7.92. The molecule has 0 radical (unpaired) electrons. The number of fused-ring (bicyclic) bond motifs is 1. The molecule has 0 spiro atoms. The van der Waals surface area contributed by atoms with Crippen molar-refractivity contribution in [3.8, 4) is 6.07 Å². The SMILES string of the molecule is CCCS(=O)(=O)Nc1nc(N)c2[nH]c(=O)n(Cc3ccc(C#N)cc3)c2n1. The van der Waals surface area contributed by atoms with E-state index in [1.54, 1.807) is 31.2 Å². The molecule has 2 aromatic heterocycles. The van der Waals surface area contributed by atoms with Crippen molar-refractivity contribution in [2.24, 2.45) is 0 Å². The summed E-state index contributed by atoms with van der Waals surface area (Å²) in [6.45, 7) is 1.90. The predicted molar refractivity (Wildman–Crippen MR) is 101 cm³/mol. The number of sulfonamides is 1. The lowest BCUT2D eigenvalue weighted by molar-refractivity contribution is 0.599. The number of hydrogen-bond donors (Lipinski definition) is 3. The maximum absolute atomic E-state index is 12.3. The fourth-order valence-corrected chi connectivity index (χ4v) is 3.58. The predicted octanol–water partition coefficient (Wildman–Crippen LogP) is 0.773. The first kappa shape index (κ1) is 18.4. The highest BCUT2D eigenvalue weighted by Crippen LogP contribution is 2.18. The van der Waals surface area contributed by atoms with Gasteiger partial charge in [0.2, 0.25) is 16.0 Å². The second-order valence-corrected chi connectivity index (χ2v) is 7.72. The first-order valence-electron chi connectivity index (χ1n) is 8.08. The monoisotopic (exact) mass is 387 g/mol. The van der Waals surface area contributed by atoms with Crippen molar-refractivity contribution >= 4 is 33.0 Å². The number of nitriles is 1. The fraction of sp³-hybridized carbons (Fsp3) is 0.250. The van der Waals surface area contributed by atoms with E-state index in [0.717, 1.165) is 5.56 Å². The number of nitrogen functional groups attached to an aromatic ring is 1. The van der Waals surface area contributed by atoms with Crippen LogP contribution in [-0.4, -0.2) is 33.7 Å². The van der Waals surface area contributed by atoms with Gasteiger partial charge < -0.3 is 10.7 Å². The van der Waals surface area contributed by atoms with Gasteiger partial charge in [-0.3, -0.25) is 9.29 Å². The van der Waals surface area contributed by atoms with E-state index < -0.39 is 15.7 Å². The van der Waals surface area contributed by atoms with Crippen LogP contribution in [0, 0.1) is 11.3 Å². The van der Waals surface area contributed by atoms with Crippen molar-refractivity contribution in [1.82, 2.24) is 19.5 Å². The van der Waals surface area contributed by atoms with E-state index in [2.05, 4.69) is 19.7 Å². The van der Waals surface area contributed by atoms with Gasteiger partial charge in [0.25, 0.3) is 0 Å². The Morgan fingerprint density at radius 3 is 2.63 bits per heavy atom. The van der Waals surface area contributed by atoms with Crippen molar-refractivity contribution < 1.29 is 8.42 Å². The Bertz CT molecular complexity index is 1190. The Morgan fingerprint density at radius 2 is 2.00 bits per heavy atom. The molecule has 0 aliphatic rings. The fourth-order valence-electron chi connectivity index (χ4n) is 2.57. The third-order valence-electron chi connectivity index (χ3n) is 3.79. The summed E-state index contributed by atoms with van der Waals surface area (Å²) in [5.41, 5.74) is 7.09. The number of imidazole rings is 1. The van der Waals surface area contributed by atoms with Crippen LogP contribution in [0.1, 0.15) is 24.5 Å². The molecule has 11 heteroatoms. The Hall–Kier alpha value is -3.39. The van der Waals surface area contributed by atoms with E-state index in [1.807, 2.05) is 6.07 Å². The highest BCUT2D eigenvalue weighted by Gasteiger charge is 2.17. The van der Waals surface area contributed by atoms with Gasteiger partial charge in [0.1, 0.15) is 5.52 Å². The summed E-state index contributed by atoms with van der Waals surface area (Å²) in [6.07, 6.45) is 0.431. The number of hydrogen-bond acceptors (Lipinski definition) is 7. The number of aromatic nitrogens is 4. The molecule has 3 rings (SSSR count). The van der Waals surface area contributed by atoms with Crippen LogP contribution in [0.15, 0.2) is 29.1 Å². The molecule has 0 unspecified atom stereocenters. The number of rotatable bonds is 6. The van der Waals surface area contributed by atoms with Crippen LogP contribution in [-0.2, 0) is 16.6 Å². The van der Waals surface area contributed by atoms with Gasteiger partial charge in [-0.1, -0.05) is 19.1 Å². The van der Waals surface area contributed by atoms with Gasteiger partial charge in [-0.15, -0.1) is 0 Å². The minimum absolute atomic E-state index is 0.0372. The summed E-state index contributed by atoms with van der Waals surface area (Å²) in [5, 5.41) is 8.87. The zero-order valence-electron chi connectivity index (χ0n) is 14.4. The molecule has 0 saturated carbocycles. The number of anilines is 2. The van der Waals surface area contributed by atoms with E-state index in [4.69, 9.17) is 11.0 Å². The molecule has 27 heavy (non-hydrogen) atoms. The summed E-state index contributed by atoms with van der Waals surface area (Å²) in [4.78, 5) is 23.0. The summed E-state index contributed by atoms with van der Waals surface area (Å²) in [6, 6.07) is 8.75. The second kappa shape index (κ2) is 7.08. The van der Waals surface area contributed by atoms with Gasteiger partial charge in [0.05, 0.1) is 23.9 Å². The van der Waals surface area contributed by atoms with Crippen LogP contribution in [0.5, 0.6) is 0 Å². The molecule has 2 heterocycles. The Kier molecular flexibility index (Phi) is 4.83. The van der Waals surface area contributed by atoms with E-state index in [-0.39, 0.29) is 35.2 Å². The number of benzene rings is 1. The number of nitrogens with two attached hydrogens (primary N) is 1. The van der Waals surface area contributed by atoms with E-state index in [0.29, 0.717) is 12.0 Å². The lowest BCUT2D eigenvalue weighted by atomic mass is 10.1. The molecule has 0 fully saturated rings. The van der Waals surface area contributed by atoms with Crippen molar-refractivity contribution in [1.29, 1.82) is 5.26 Å². The number of aromatic amines is 1. The molecule has 10 nitrogen and oxygen atoms in total. The Balaban J connectivity index is 2.03. The van der Waals surface area contributed by atoms with E-state index >= 15 is 0 Å². The molecular weight excluding hydrogens is 370 g/mol. The Labute approximate surface area is 154 Å². The van der Waals surface area contributed by atoms with Crippen LogP contribution < -0.4 is 16.1 Å². The molecule has 1 aromatic carbocycles. The largest absolute Gasteiger partial charge is 0.382 e. The first-order chi connectivity index (χ1) is 12.8. The van der Waals surface area contributed by atoms with Gasteiger partial charge in [-0.25, -0.2) is 13.2 Å². The minimum Gasteiger partial charge on any atom is -0.382 e. The van der Waals surface area contributed by atoms with E-state index in [9.17, 15) is 13.2 Å². The molecular formula is C16H17N7O3S. The van der Waals surface area contributed by atoms with Gasteiger partial charge in [0.15, 0.2) is 11.5 Å². The van der Waals surface area contributed by atoms with Crippen molar-refractivity contribution in [2.45, 2.75) is 19.9 Å². The lowest BCUT2D eigenvalue weighted by Gasteiger charge is -2.08. The van der Waals surface area contributed by atoms with Crippen molar-refractivity contribution in [2.75, 3.05) is 16.2 Å². The van der Waals surface area contributed by atoms with Gasteiger partial charge in [-0.05, 0) is 24.1 Å². The van der Waals surface area contributed by atoms with Crippen LogP contribution in [0.3, 0.4) is 0 Å². The minimum atomic E-state index is -3.60. The molecule has 3 aromatic rings. The second-order valence-electron chi connectivity index (χ2n) is 5.88. The third kappa shape index (κ3) is 3.90. The Morgan fingerprint density at radius 1 is 1.30 bits per heavy atom. The first-order valence-corrected chi connectivity index (χ1v) is 9.73. The number of nitrogens with one attached hydrogen (secondary N) is 2. The molecule has 0 amide bonds. The highest BCUT2D eigenvalue weighted by atomic mass is 32.2. The summed E-state index contributed by atoms with van der Waals surface area (Å²) in [5.74, 6) is -0.314. The summed E-state index contributed by atoms with van der Waals surface area (Å²) < 4.78 is 27.5. The molecule has 0 saturated heterocycles. The molecule has 140 valence electrons. The van der Waals surface area contributed by atoms with Crippen LogP contribution >= 0.6 is 0 Å². The smallest absolute Gasteiger partial charge is 0.328 e. The van der Waals surface area contributed by atoms with Crippen LogP contribution in [0.2, 0.25) is 0 Å². The van der Waals surface area contributed by atoms with Gasteiger partial charge in [0, 0.05) is 0 Å². The maximum atomic E-state index is 12.3. The summed E-state index contributed by atoms with van der Waals surface area (Å²) >= 11 is 0. The van der Waals surface area contributed by atoms with Crippen LogP contribution in [0.25, 0.3) is 11.2 Å². The van der Waals surface area contributed by atoms with E-state index in [1.165, 1.54) is 4.57 Å². The van der Waals surface area contributed by atoms with Gasteiger partial charge >= 0.3 is 5.69 Å². The third-order valence-corrected chi connectivity index (χ3v) is 5.23. The zero-order valence-corrected chi connectivity index (χ0v) is 15.2.